The maximum Gasteiger partial charge on any atom is 0.306 e. The first kappa shape index (κ1) is 64.3. The number of carbonyl (C=O) groups is 2. The number of unbranched alkanes of at least 4 members (excludes halogenated alkanes) is 28. The number of aliphatic hydroxyl groups is 2. The van der Waals surface area contributed by atoms with E-state index in [0.717, 1.165) is 70.6 Å². The molecule has 0 saturated heterocycles. The van der Waals surface area contributed by atoms with Gasteiger partial charge in [0.1, 0.15) is 6.10 Å². The first-order valence-corrected chi connectivity index (χ1v) is 28.7. The van der Waals surface area contributed by atoms with Crippen molar-refractivity contribution in [3.8, 4) is 0 Å². The Bertz CT molecular complexity index is 1230. The van der Waals surface area contributed by atoms with Crippen molar-refractivity contribution < 1.29 is 24.5 Å². The topological polar surface area (TPSA) is 95.9 Å². The minimum Gasteiger partial charge on any atom is -0.461 e. The summed E-state index contributed by atoms with van der Waals surface area (Å²) in [5.41, 5.74) is 0. The van der Waals surface area contributed by atoms with Gasteiger partial charge in [0.05, 0.1) is 25.2 Å². The predicted molar refractivity (Wildman–Crippen MR) is 291 cm³/mol. The number of carbonyl (C=O) groups excluding carboxylic acids is 2. The van der Waals surface area contributed by atoms with E-state index in [1.54, 1.807) is 0 Å². The standard InChI is InChI=1S/C61H109NO5/c1-4-7-10-13-16-19-22-25-28-30-33-36-39-42-45-48-51-54-61(66)67-57(52-49-46-43-40-37-34-31-27-24-21-18-15-12-9-6-3)55-60(65)62-58(56-63)59(64)53-50-47-44-41-38-35-32-29-26-23-20-17-14-11-8-5-2/h16,18-19,21,25,27-28,31,37,40,46,49,57-59,63-64H,4-15,17,20,22-24,26,29-30,32-36,38-39,41-45,47-48,50-56H2,1-3H3,(H,62,65)/b19-16-,21-18-,28-25-,31-27-,40-37-,49-46-. The van der Waals surface area contributed by atoms with Crippen LogP contribution in [-0.4, -0.2) is 46.9 Å². The summed E-state index contributed by atoms with van der Waals surface area (Å²) >= 11 is 0. The van der Waals surface area contributed by atoms with Crippen LogP contribution in [0.2, 0.25) is 0 Å². The minimum atomic E-state index is -0.815. The zero-order chi connectivity index (χ0) is 48.8. The molecule has 388 valence electrons. The van der Waals surface area contributed by atoms with Gasteiger partial charge in [-0.1, -0.05) is 254 Å². The molecule has 0 fully saturated rings. The van der Waals surface area contributed by atoms with E-state index in [4.69, 9.17) is 4.74 Å². The van der Waals surface area contributed by atoms with Gasteiger partial charge in [0.15, 0.2) is 0 Å². The van der Waals surface area contributed by atoms with E-state index in [1.165, 1.54) is 161 Å². The van der Waals surface area contributed by atoms with Crippen LogP contribution < -0.4 is 5.32 Å². The first-order valence-electron chi connectivity index (χ1n) is 28.7. The van der Waals surface area contributed by atoms with E-state index in [0.29, 0.717) is 19.3 Å². The van der Waals surface area contributed by atoms with Crippen LogP contribution in [0, 0.1) is 0 Å². The molecule has 0 heterocycles. The van der Waals surface area contributed by atoms with Gasteiger partial charge in [-0.05, 0) is 77.0 Å². The van der Waals surface area contributed by atoms with Crippen LogP contribution in [0.15, 0.2) is 72.9 Å². The van der Waals surface area contributed by atoms with Gasteiger partial charge in [0, 0.05) is 12.8 Å². The van der Waals surface area contributed by atoms with Gasteiger partial charge in [0.25, 0.3) is 0 Å². The van der Waals surface area contributed by atoms with Gasteiger partial charge >= 0.3 is 5.97 Å². The molecule has 0 radical (unpaired) electrons. The molecule has 3 unspecified atom stereocenters. The summed E-state index contributed by atoms with van der Waals surface area (Å²) in [5, 5.41) is 23.8. The summed E-state index contributed by atoms with van der Waals surface area (Å²) in [6.07, 6.45) is 69.8. The van der Waals surface area contributed by atoms with Crippen LogP contribution in [0.4, 0.5) is 0 Å². The molecule has 0 spiro atoms. The molecule has 1 amide bonds. The molecule has 0 aliphatic heterocycles. The van der Waals surface area contributed by atoms with Crippen molar-refractivity contribution >= 4 is 11.9 Å². The second-order valence-corrected chi connectivity index (χ2v) is 19.3. The zero-order valence-corrected chi connectivity index (χ0v) is 44.3. The average molecular weight is 937 g/mol. The SMILES string of the molecule is CCCCC/C=C\C/C=C\C/C=C\C/C=C\CC(CC(=O)NC(CO)C(O)CCCCCCCCCCCCCCCCCC)OC(=O)CCCCCCCCC/C=C\C/C=C\CCCCC. The van der Waals surface area contributed by atoms with Crippen LogP contribution in [0.1, 0.15) is 278 Å². The van der Waals surface area contributed by atoms with Crippen molar-refractivity contribution in [2.75, 3.05) is 6.61 Å². The van der Waals surface area contributed by atoms with E-state index < -0.39 is 18.2 Å². The third-order valence-corrected chi connectivity index (χ3v) is 12.8. The Hall–Kier alpha value is -2.70. The molecule has 0 aliphatic rings. The molecule has 6 nitrogen and oxygen atoms in total. The van der Waals surface area contributed by atoms with Gasteiger partial charge in [-0.2, -0.15) is 0 Å². The molecule has 0 aromatic carbocycles. The molecule has 6 heteroatoms. The predicted octanol–water partition coefficient (Wildman–Crippen LogP) is 17.7. The van der Waals surface area contributed by atoms with Gasteiger partial charge in [-0.3, -0.25) is 9.59 Å². The summed E-state index contributed by atoms with van der Waals surface area (Å²) in [7, 11) is 0. The maximum absolute atomic E-state index is 13.2. The maximum atomic E-state index is 13.2. The molecule has 3 atom stereocenters. The lowest BCUT2D eigenvalue weighted by Crippen LogP contribution is -2.46. The Morgan fingerprint density at radius 1 is 0.448 bits per heavy atom. The van der Waals surface area contributed by atoms with Crippen molar-refractivity contribution in [2.45, 2.75) is 296 Å². The van der Waals surface area contributed by atoms with Crippen LogP contribution in [0.25, 0.3) is 0 Å². The Morgan fingerprint density at radius 2 is 0.791 bits per heavy atom. The number of hydrogen-bond acceptors (Lipinski definition) is 5. The molecular weight excluding hydrogens is 827 g/mol. The number of esters is 1. The smallest absolute Gasteiger partial charge is 0.306 e. The molecule has 0 aromatic heterocycles. The number of hydrogen-bond donors (Lipinski definition) is 3. The van der Waals surface area contributed by atoms with E-state index in [2.05, 4.69) is 92.9 Å². The van der Waals surface area contributed by atoms with Crippen molar-refractivity contribution in [2.24, 2.45) is 0 Å². The van der Waals surface area contributed by atoms with Gasteiger partial charge < -0.3 is 20.3 Å². The summed E-state index contributed by atoms with van der Waals surface area (Å²) in [6, 6.07) is -0.736. The van der Waals surface area contributed by atoms with E-state index >= 15 is 0 Å². The van der Waals surface area contributed by atoms with Gasteiger partial charge in [-0.25, -0.2) is 0 Å². The second kappa shape index (κ2) is 54.2. The van der Waals surface area contributed by atoms with Gasteiger partial charge in [0.2, 0.25) is 5.91 Å². The van der Waals surface area contributed by atoms with Crippen molar-refractivity contribution in [1.29, 1.82) is 0 Å². The van der Waals surface area contributed by atoms with E-state index in [9.17, 15) is 19.8 Å². The Morgan fingerprint density at radius 3 is 1.22 bits per heavy atom. The molecule has 0 saturated carbocycles. The molecule has 0 bridgehead atoms. The van der Waals surface area contributed by atoms with Crippen LogP contribution >= 0.6 is 0 Å². The lowest BCUT2D eigenvalue weighted by Gasteiger charge is -2.24. The fourth-order valence-corrected chi connectivity index (χ4v) is 8.38. The first-order chi connectivity index (χ1) is 33.0. The molecule has 3 N–H and O–H groups in total. The number of allylic oxidation sites excluding steroid dienone is 11. The van der Waals surface area contributed by atoms with E-state index in [-0.39, 0.29) is 24.9 Å². The van der Waals surface area contributed by atoms with Crippen molar-refractivity contribution in [3.63, 3.8) is 0 Å². The number of ether oxygens (including phenoxy) is 1. The quantitative estimate of drug-likeness (QED) is 0.0321. The highest BCUT2D eigenvalue weighted by atomic mass is 16.5. The van der Waals surface area contributed by atoms with Crippen LogP contribution in [0.3, 0.4) is 0 Å². The third kappa shape index (κ3) is 49.5. The monoisotopic (exact) mass is 936 g/mol. The lowest BCUT2D eigenvalue weighted by molar-refractivity contribution is -0.150. The highest BCUT2D eigenvalue weighted by molar-refractivity contribution is 5.77. The van der Waals surface area contributed by atoms with E-state index in [1.807, 2.05) is 6.08 Å². The second-order valence-electron chi connectivity index (χ2n) is 19.3. The molecule has 0 aliphatic carbocycles. The highest BCUT2D eigenvalue weighted by Gasteiger charge is 2.23. The summed E-state index contributed by atoms with van der Waals surface area (Å²) in [5.74, 6) is -0.581. The summed E-state index contributed by atoms with van der Waals surface area (Å²) in [4.78, 5) is 26.2. The minimum absolute atomic E-state index is 0.00301. The fourth-order valence-electron chi connectivity index (χ4n) is 8.38. The van der Waals surface area contributed by atoms with Crippen molar-refractivity contribution in [3.05, 3.63) is 72.9 Å². The molecule has 67 heavy (non-hydrogen) atoms. The Labute approximate surface area is 415 Å². The average Bonchev–Trinajstić information content (AvgIpc) is 3.32. The lowest BCUT2D eigenvalue weighted by atomic mass is 10.0. The van der Waals surface area contributed by atoms with Crippen molar-refractivity contribution in [1.82, 2.24) is 5.32 Å². The Balaban J connectivity index is 4.66. The highest BCUT2D eigenvalue weighted by Crippen LogP contribution is 2.17. The normalized spacial score (nSPS) is 13.7. The molecule has 0 rings (SSSR count). The largest absolute Gasteiger partial charge is 0.461 e. The molecular formula is C61H109NO5. The van der Waals surface area contributed by atoms with Crippen LogP contribution in [0.5, 0.6) is 0 Å². The Kier molecular flexibility index (Phi) is 52.1. The third-order valence-electron chi connectivity index (χ3n) is 12.8. The number of aliphatic hydroxyl groups excluding tert-OH is 2. The zero-order valence-electron chi connectivity index (χ0n) is 44.3. The number of nitrogens with one attached hydrogen (secondary N) is 1. The van der Waals surface area contributed by atoms with Crippen LogP contribution in [-0.2, 0) is 14.3 Å². The van der Waals surface area contributed by atoms with Gasteiger partial charge in [-0.15, -0.1) is 0 Å². The number of amides is 1. The number of rotatable bonds is 51. The summed E-state index contributed by atoms with van der Waals surface area (Å²) in [6.45, 7) is 6.42. The fraction of sp³-hybridized carbons (Fsp3) is 0.770. The molecule has 0 aromatic rings. The summed E-state index contributed by atoms with van der Waals surface area (Å²) < 4.78 is 5.89.